The lowest BCUT2D eigenvalue weighted by Gasteiger charge is -2.36. The van der Waals surface area contributed by atoms with E-state index in [0.29, 0.717) is 6.04 Å². The summed E-state index contributed by atoms with van der Waals surface area (Å²) in [6.07, 6.45) is 4.81. The molecule has 0 unspecified atom stereocenters. The zero-order chi connectivity index (χ0) is 13.9. The lowest BCUT2D eigenvalue weighted by molar-refractivity contribution is 0.0596. The molecule has 0 atom stereocenters. The number of amides is 1. The van der Waals surface area contributed by atoms with Crippen molar-refractivity contribution in [3.63, 3.8) is 0 Å². The third-order valence-electron chi connectivity index (χ3n) is 4.68. The van der Waals surface area contributed by atoms with Crippen LogP contribution in [-0.2, 0) is 6.54 Å². The van der Waals surface area contributed by atoms with Gasteiger partial charge >= 0.3 is 0 Å². The highest BCUT2D eigenvalue weighted by Crippen LogP contribution is 2.28. The fourth-order valence-corrected chi connectivity index (χ4v) is 3.41. The average molecular weight is 272 g/mol. The molecule has 108 valence electrons. The first-order valence-electron chi connectivity index (χ1n) is 7.91. The number of carbonyl (C=O) groups is 1. The van der Waals surface area contributed by atoms with E-state index in [-0.39, 0.29) is 5.91 Å². The van der Waals surface area contributed by atoms with Gasteiger partial charge in [0.1, 0.15) is 0 Å². The van der Waals surface area contributed by atoms with Gasteiger partial charge in [-0.05, 0) is 37.4 Å². The largest absolute Gasteiger partial charge is 0.331 e. The number of likely N-dealkylation sites (tertiary alicyclic amines) is 1. The van der Waals surface area contributed by atoms with Crippen molar-refractivity contribution in [2.45, 2.75) is 45.2 Å². The van der Waals surface area contributed by atoms with E-state index in [2.05, 4.69) is 22.8 Å². The van der Waals surface area contributed by atoms with Crippen LogP contribution >= 0.6 is 0 Å². The molecule has 0 saturated carbocycles. The molecule has 1 aromatic carbocycles. The zero-order valence-electron chi connectivity index (χ0n) is 12.3. The SMILES string of the molecule is CCCCN1CCC(N2Cc3ccccc3C2=O)CC1. The third kappa shape index (κ3) is 2.59. The number of fused-ring (bicyclic) bond motifs is 1. The minimum Gasteiger partial charge on any atom is -0.331 e. The zero-order valence-corrected chi connectivity index (χ0v) is 12.3. The van der Waals surface area contributed by atoms with E-state index in [1.165, 1.54) is 24.9 Å². The van der Waals surface area contributed by atoms with Crippen LogP contribution in [0.15, 0.2) is 24.3 Å². The third-order valence-corrected chi connectivity index (χ3v) is 4.68. The van der Waals surface area contributed by atoms with E-state index < -0.39 is 0 Å². The quantitative estimate of drug-likeness (QED) is 0.841. The number of unbranched alkanes of at least 4 members (excludes halogenated alkanes) is 1. The van der Waals surface area contributed by atoms with Crippen molar-refractivity contribution in [3.05, 3.63) is 35.4 Å². The predicted molar refractivity (Wildman–Crippen MR) is 80.7 cm³/mol. The Kier molecular flexibility index (Phi) is 4.06. The molecule has 3 nitrogen and oxygen atoms in total. The van der Waals surface area contributed by atoms with Crippen molar-refractivity contribution < 1.29 is 4.79 Å². The van der Waals surface area contributed by atoms with E-state index in [9.17, 15) is 4.79 Å². The summed E-state index contributed by atoms with van der Waals surface area (Å²) >= 11 is 0. The Morgan fingerprint density at radius 3 is 2.65 bits per heavy atom. The number of nitrogens with zero attached hydrogens (tertiary/aromatic N) is 2. The fraction of sp³-hybridized carbons (Fsp3) is 0.588. The highest BCUT2D eigenvalue weighted by molar-refractivity contribution is 5.98. The molecule has 20 heavy (non-hydrogen) atoms. The first kappa shape index (κ1) is 13.6. The van der Waals surface area contributed by atoms with Crippen LogP contribution in [0, 0.1) is 0 Å². The number of hydrogen-bond donors (Lipinski definition) is 0. The van der Waals surface area contributed by atoms with Crippen molar-refractivity contribution in [2.24, 2.45) is 0 Å². The number of carbonyl (C=O) groups excluding carboxylic acids is 1. The molecule has 1 fully saturated rings. The van der Waals surface area contributed by atoms with Crippen LogP contribution < -0.4 is 0 Å². The molecule has 3 rings (SSSR count). The predicted octanol–water partition coefficient (Wildman–Crippen LogP) is 2.91. The second-order valence-electron chi connectivity index (χ2n) is 6.02. The molecule has 0 spiro atoms. The number of rotatable bonds is 4. The van der Waals surface area contributed by atoms with Gasteiger partial charge < -0.3 is 9.80 Å². The molecule has 1 saturated heterocycles. The molecule has 1 aromatic rings. The summed E-state index contributed by atoms with van der Waals surface area (Å²) in [6.45, 7) is 6.56. The summed E-state index contributed by atoms with van der Waals surface area (Å²) in [7, 11) is 0. The van der Waals surface area contributed by atoms with Gasteiger partial charge in [-0.25, -0.2) is 0 Å². The molecule has 3 heteroatoms. The van der Waals surface area contributed by atoms with Crippen molar-refractivity contribution in [3.8, 4) is 0 Å². The summed E-state index contributed by atoms with van der Waals surface area (Å²) in [5.41, 5.74) is 2.12. The van der Waals surface area contributed by atoms with Crippen molar-refractivity contribution in [1.82, 2.24) is 9.80 Å². The van der Waals surface area contributed by atoms with E-state index in [1.807, 2.05) is 18.2 Å². The van der Waals surface area contributed by atoms with Crippen LogP contribution in [0.1, 0.15) is 48.5 Å². The lowest BCUT2D eigenvalue weighted by atomic mass is 10.0. The van der Waals surface area contributed by atoms with Gasteiger partial charge in [-0.15, -0.1) is 0 Å². The van der Waals surface area contributed by atoms with Crippen molar-refractivity contribution in [2.75, 3.05) is 19.6 Å². The molecule has 2 aliphatic heterocycles. The van der Waals surface area contributed by atoms with E-state index in [4.69, 9.17) is 0 Å². The summed E-state index contributed by atoms with van der Waals surface area (Å²) in [4.78, 5) is 17.1. The monoisotopic (exact) mass is 272 g/mol. The number of benzene rings is 1. The van der Waals surface area contributed by atoms with Gasteiger partial charge in [-0.1, -0.05) is 31.5 Å². The molecule has 0 radical (unpaired) electrons. The Hall–Kier alpha value is -1.35. The van der Waals surface area contributed by atoms with Crippen LogP contribution in [0.25, 0.3) is 0 Å². The molecular weight excluding hydrogens is 248 g/mol. The normalized spacial score (nSPS) is 20.4. The maximum Gasteiger partial charge on any atom is 0.254 e. The van der Waals surface area contributed by atoms with E-state index in [0.717, 1.165) is 38.0 Å². The van der Waals surface area contributed by atoms with Gasteiger partial charge in [-0.2, -0.15) is 0 Å². The van der Waals surface area contributed by atoms with Crippen LogP contribution in [0.5, 0.6) is 0 Å². The molecule has 2 aliphatic rings. The minimum atomic E-state index is 0.243. The number of piperidine rings is 1. The van der Waals surface area contributed by atoms with Crippen molar-refractivity contribution >= 4 is 5.91 Å². The smallest absolute Gasteiger partial charge is 0.254 e. The average Bonchev–Trinajstić information content (AvgIpc) is 2.83. The first-order valence-corrected chi connectivity index (χ1v) is 7.91. The summed E-state index contributed by atoms with van der Waals surface area (Å²) < 4.78 is 0. The van der Waals surface area contributed by atoms with Crippen LogP contribution in [0.4, 0.5) is 0 Å². The van der Waals surface area contributed by atoms with Crippen molar-refractivity contribution in [1.29, 1.82) is 0 Å². The van der Waals surface area contributed by atoms with E-state index >= 15 is 0 Å². The Labute approximate surface area is 121 Å². The van der Waals surface area contributed by atoms with Gasteiger partial charge in [0.15, 0.2) is 0 Å². The molecule has 0 bridgehead atoms. The highest BCUT2D eigenvalue weighted by Gasteiger charge is 2.33. The second-order valence-corrected chi connectivity index (χ2v) is 6.02. The molecule has 0 aliphatic carbocycles. The minimum absolute atomic E-state index is 0.243. The fourth-order valence-electron chi connectivity index (χ4n) is 3.41. The summed E-state index contributed by atoms with van der Waals surface area (Å²) in [6, 6.07) is 8.49. The first-order chi connectivity index (χ1) is 9.79. The summed E-state index contributed by atoms with van der Waals surface area (Å²) in [5.74, 6) is 0.243. The highest BCUT2D eigenvalue weighted by atomic mass is 16.2. The molecule has 2 heterocycles. The molecular formula is C17H24N2O. The molecule has 0 aromatic heterocycles. The Balaban J connectivity index is 1.59. The van der Waals surface area contributed by atoms with Crippen LogP contribution in [0.2, 0.25) is 0 Å². The Bertz CT molecular complexity index is 478. The summed E-state index contributed by atoms with van der Waals surface area (Å²) in [5, 5.41) is 0. The van der Waals surface area contributed by atoms with Gasteiger partial charge in [0.05, 0.1) is 0 Å². The molecule has 0 N–H and O–H groups in total. The maximum absolute atomic E-state index is 12.5. The maximum atomic E-state index is 12.5. The Morgan fingerprint density at radius 1 is 1.20 bits per heavy atom. The molecule has 1 amide bonds. The van der Waals surface area contributed by atoms with Gasteiger partial charge in [0.25, 0.3) is 5.91 Å². The second kappa shape index (κ2) is 5.96. The standard InChI is InChI=1S/C17H24N2O/c1-2-3-10-18-11-8-15(9-12-18)19-13-14-6-4-5-7-16(14)17(19)20/h4-7,15H,2-3,8-13H2,1H3. The van der Waals surface area contributed by atoms with Gasteiger partial charge in [0, 0.05) is 31.2 Å². The van der Waals surface area contributed by atoms with E-state index in [1.54, 1.807) is 0 Å². The van der Waals surface area contributed by atoms with Gasteiger partial charge in [0.2, 0.25) is 0 Å². The van der Waals surface area contributed by atoms with Gasteiger partial charge in [-0.3, -0.25) is 4.79 Å². The number of hydrogen-bond acceptors (Lipinski definition) is 2. The topological polar surface area (TPSA) is 23.6 Å². The lowest BCUT2D eigenvalue weighted by Crippen LogP contribution is -2.45. The van der Waals surface area contributed by atoms with Crippen LogP contribution in [0.3, 0.4) is 0 Å². The van der Waals surface area contributed by atoms with Crippen LogP contribution in [-0.4, -0.2) is 41.4 Å². The Morgan fingerprint density at radius 2 is 1.95 bits per heavy atom.